The molecule has 0 spiro atoms. The van der Waals surface area contributed by atoms with E-state index in [1.807, 2.05) is 30.3 Å². The fourth-order valence-corrected chi connectivity index (χ4v) is 10.4. The van der Waals surface area contributed by atoms with Gasteiger partial charge in [-0.05, 0) is 97.2 Å². The number of aromatic nitrogens is 4. The molecule has 0 fully saturated rings. The fraction of sp³-hybridized carbons (Fsp3) is 0. The van der Waals surface area contributed by atoms with Gasteiger partial charge in [0.1, 0.15) is 11.2 Å². The summed E-state index contributed by atoms with van der Waals surface area (Å²) in [5.41, 5.74) is 9.57. The first-order valence-electron chi connectivity index (χ1n) is 22.3. The van der Waals surface area contributed by atoms with E-state index in [4.69, 9.17) is 19.4 Å². The van der Waals surface area contributed by atoms with Gasteiger partial charge in [0.05, 0.1) is 11.0 Å². The molecule has 0 aliphatic rings. The Morgan fingerprint density at radius 3 is 1.67 bits per heavy atom. The van der Waals surface area contributed by atoms with Gasteiger partial charge < -0.3 is 8.98 Å². The topological polar surface area (TPSA) is 56.7 Å². The molecule has 11 aromatic carbocycles. The van der Waals surface area contributed by atoms with Crippen LogP contribution in [0.2, 0.25) is 0 Å². The van der Waals surface area contributed by atoms with Crippen LogP contribution in [0.1, 0.15) is 0 Å². The van der Waals surface area contributed by atoms with E-state index < -0.39 is 0 Å². The average Bonchev–Trinajstić information content (AvgIpc) is 3.93. The molecule has 0 saturated heterocycles. The second kappa shape index (κ2) is 14.3. The maximum absolute atomic E-state index is 6.78. The molecule has 66 heavy (non-hydrogen) atoms. The standard InChI is InChI=1S/C61H36N4O/c1-2-15-37(16-3-1)59-62-60(40-29-31-46-44-21-7-6-19-42(44)43-20-8-9-22-45(43)52(46)34-40)64-61(63-59)51-32-30-41(36-53(51)50-26-14-25-49-48-24-11-13-28-57(48)66-58(49)50)65-55-27-12-10-23-47(55)54-33-38-17-4-5-18-39(38)35-56(54)65/h1-36H. The molecule has 0 N–H and O–H groups in total. The van der Waals surface area contributed by atoms with Crippen LogP contribution >= 0.6 is 0 Å². The Labute approximate surface area is 378 Å². The first kappa shape index (κ1) is 36.5. The molecule has 0 aliphatic heterocycles. The summed E-state index contributed by atoms with van der Waals surface area (Å²) in [5, 5.41) is 14.2. The Morgan fingerprint density at radius 1 is 0.303 bits per heavy atom. The number of rotatable bonds is 5. The maximum Gasteiger partial charge on any atom is 0.164 e. The van der Waals surface area contributed by atoms with Gasteiger partial charge in [-0.25, -0.2) is 15.0 Å². The van der Waals surface area contributed by atoms with Crippen molar-refractivity contribution in [1.29, 1.82) is 0 Å². The second-order valence-corrected chi connectivity index (χ2v) is 17.1. The molecule has 5 nitrogen and oxygen atoms in total. The van der Waals surface area contributed by atoms with Gasteiger partial charge in [0, 0.05) is 49.5 Å². The van der Waals surface area contributed by atoms with E-state index in [-0.39, 0.29) is 0 Å². The number of hydrogen-bond acceptors (Lipinski definition) is 4. The van der Waals surface area contributed by atoms with E-state index in [0.717, 1.165) is 71.9 Å². The Kier molecular flexibility index (Phi) is 7.91. The molecule has 0 aliphatic carbocycles. The van der Waals surface area contributed by atoms with Crippen LogP contribution < -0.4 is 0 Å². The van der Waals surface area contributed by atoms with E-state index >= 15 is 0 Å². The number of fused-ring (bicyclic) bond motifs is 13. The number of hydrogen-bond donors (Lipinski definition) is 0. The van der Waals surface area contributed by atoms with Crippen LogP contribution in [0.3, 0.4) is 0 Å². The molecule has 0 unspecified atom stereocenters. The summed E-state index contributed by atoms with van der Waals surface area (Å²) in [6.45, 7) is 0. The third kappa shape index (κ3) is 5.57. The first-order chi connectivity index (χ1) is 32.7. The van der Waals surface area contributed by atoms with Gasteiger partial charge in [-0.15, -0.1) is 0 Å². The lowest BCUT2D eigenvalue weighted by molar-refractivity contribution is 0.670. The molecular weight excluding hydrogens is 805 g/mol. The van der Waals surface area contributed by atoms with E-state index in [2.05, 4.69) is 193 Å². The zero-order chi connectivity index (χ0) is 43.3. The third-order valence-corrected chi connectivity index (χ3v) is 13.4. The molecule has 5 heteroatoms. The van der Waals surface area contributed by atoms with Gasteiger partial charge in [-0.1, -0.05) is 170 Å². The largest absolute Gasteiger partial charge is 0.455 e. The number of benzene rings is 11. The molecule has 0 saturated carbocycles. The summed E-state index contributed by atoms with van der Waals surface area (Å²) < 4.78 is 9.17. The minimum Gasteiger partial charge on any atom is -0.455 e. The van der Waals surface area contributed by atoms with Crippen LogP contribution in [-0.2, 0) is 0 Å². The molecule has 14 aromatic rings. The lowest BCUT2D eigenvalue weighted by Crippen LogP contribution is -2.02. The predicted molar refractivity (Wildman–Crippen MR) is 273 cm³/mol. The van der Waals surface area contributed by atoms with Gasteiger partial charge in [0.2, 0.25) is 0 Å². The Morgan fingerprint density at radius 2 is 0.894 bits per heavy atom. The van der Waals surface area contributed by atoms with Gasteiger partial charge in [0.25, 0.3) is 0 Å². The molecule has 3 heterocycles. The van der Waals surface area contributed by atoms with Gasteiger partial charge >= 0.3 is 0 Å². The second-order valence-electron chi connectivity index (χ2n) is 17.1. The minimum absolute atomic E-state index is 0.574. The minimum atomic E-state index is 0.574. The van der Waals surface area contributed by atoms with Crippen LogP contribution in [0.5, 0.6) is 0 Å². The third-order valence-electron chi connectivity index (χ3n) is 13.4. The normalized spacial score (nSPS) is 11.9. The molecular formula is C61H36N4O. The Bertz CT molecular complexity index is 4260. The summed E-state index contributed by atoms with van der Waals surface area (Å²) in [4.78, 5) is 16.0. The van der Waals surface area contributed by atoms with Gasteiger partial charge in [-0.2, -0.15) is 0 Å². The van der Waals surface area contributed by atoms with Crippen molar-refractivity contribution in [3.05, 3.63) is 218 Å². The molecule has 306 valence electrons. The molecule has 0 amide bonds. The van der Waals surface area contributed by atoms with Gasteiger partial charge in [0.15, 0.2) is 17.5 Å². The molecule has 3 aromatic heterocycles. The summed E-state index contributed by atoms with van der Waals surface area (Å²) in [7, 11) is 0. The summed E-state index contributed by atoms with van der Waals surface area (Å²) in [6, 6.07) is 77.5. The highest BCUT2D eigenvalue weighted by molar-refractivity contribution is 6.25. The molecule has 0 radical (unpaired) electrons. The number of furan rings is 1. The number of para-hydroxylation sites is 3. The highest BCUT2D eigenvalue weighted by atomic mass is 16.3. The Balaban J connectivity index is 1.05. The average molecular weight is 841 g/mol. The quantitative estimate of drug-likeness (QED) is 0.162. The first-order valence-corrected chi connectivity index (χ1v) is 22.3. The zero-order valence-corrected chi connectivity index (χ0v) is 35.5. The molecule has 14 rings (SSSR count). The summed E-state index contributed by atoms with van der Waals surface area (Å²) in [6.07, 6.45) is 0. The Hall–Kier alpha value is -8.93. The van der Waals surface area contributed by atoms with E-state index in [1.54, 1.807) is 0 Å². The van der Waals surface area contributed by atoms with Crippen molar-refractivity contribution in [2.45, 2.75) is 0 Å². The van der Waals surface area contributed by atoms with Crippen molar-refractivity contribution >= 4 is 86.8 Å². The van der Waals surface area contributed by atoms with E-state index in [9.17, 15) is 0 Å². The van der Waals surface area contributed by atoms with E-state index in [1.165, 1.54) is 48.5 Å². The van der Waals surface area contributed by atoms with Gasteiger partial charge in [-0.3, -0.25) is 0 Å². The van der Waals surface area contributed by atoms with Crippen molar-refractivity contribution in [3.8, 4) is 51.0 Å². The highest BCUT2D eigenvalue weighted by Crippen LogP contribution is 2.43. The molecule has 0 atom stereocenters. The number of nitrogens with zero attached hydrogens (tertiary/aromatic N) is 4. The van der Waals surface area contributed by atoms with Crippen LogP contribution in [-0.4, -0.2) is 19.5 Å². The fourth-order valence-electron chi connectivity index (χ4n) is 10.4. The smallest absolute Gasteiger partial charge is 0.164 e. The van der Waals surface area contributed by atoms with Crippen molar-refractivity contribution in [3.63, 3.8) is 0 Å². The lowest BCUT2D eigenvalue weighted by atomic mass is 9.93. The van der Waals surface area contributed by atoms with Crippen molar-refractivity contribution in [2.75, 3.05) is 0 Å². The SMILES string of the molecule is c1ccc(-c2nc(-c3ccc4c5ccccc5c5ccccc5c4c3)nc(-c3ccc(-n4c5ccccc5c5cc6ccccc6cc54)cc3-c3cccc4c3oc3ccccc34)n2)cc1. The zero-order valence-electron chi connectivity index (χ0n) is 35.5. The monoisotopic (exact) mass is 840 g/mol. The van der Waals surface area contributed by atoms with Crippen molar-refractivity contribution in [2.24, 2.45) is 0 Å². The van der Waals surface area contributed by atoms with Crippen LogP contribution in [0.25, 0.3) is 138 Å². The lowest BCUT2D eigenvalue weighted by Gasteiger charge is -2.16. The van der Waals surface area contributed by atoms with Crippen molar-refractivity contribution in [1.82, 2.24) is 19.5 Å². The predicted octanol–water partition coefficient (Wildman–Crippen LogP) is 16.1. The van der Waals surface area contributed by atoms with Crippen LogP contribution in [0, 0.1) is 0 Å². The van der Waals surface area contributed by atoms with Crippen LogP contribution in [0.4, 0.5) is 0 Å². The highest BCUT2D eigenvalue weighted by Gasteiger charge is 2.22. The van der Waals surface area contributed by atoms with E-state index in [0.29, 0.717) is 17.5 Å². The summed E-state index contributed by atoms with van der Waals surface area (Å²) in [5.74, 6) is 1.78. The van der Waals surface area contributed by atoms with Crippen molar-refractivity contribution < 1.29 is 4.42 Å². The van der Waals surface area contributed by atoms with Crippen LogP contribution in [0.15, 0.2) is 223 Å². The summed E-state index contributed by atoms with van der Waals surface area (Å²) >= 11 is 0. The molecule has 0 bridgehead atoms. The maximum atomic E-state index is 6.78.